The first kappa shape index (κ1) is 30.2. The van der Waals surface area contributed by atoms with Gasteiger partial charge in [-0.15, -0.1) is 0 Å². The third kappa shape index (κ3) is 6.56. The Hall–Kier alpha value is -4.26. The van der Waals surface area contributed by atoms with Crippen LogP contribution >= 0.6 is 0 Å². The van der Waals surface area contributed by atoms with Crippen molar-refractivity contribution in [3.8, 4) is 5.75 Å². The molecule has 1 aromatic heterocycles. The molecule has 3 heterocycles. The quantitative estimate of drug-likeness (QED) is 0.271. The van der Waals surface area contributed by atoms with E-state index in [9.17, 15) is 27.2 Å². The Balaban J connectivity index is 1.40. The van der Waals surface area contributed by atoms with Gasteiger partial charge < -0.3 is 20.3 Å². The zero-order chi connectivity index (χ0) is 30.7. The van der Waals surface area contributed by atoms with Gasteiger partial charge in [0.25, 0.3) is 5.91 Å². The number of nitrogens with one attached hydrogen (secondary N) is 2. The number of anilines is 4. The molecular weight excluding hydrogens is 568 g/mol. The molecule has 2 N–H and O–H groups in total. The van der Waals surface area contributed by atoms with Crippen molar-refractivity contribution in [2.75, 3.05) is 50.6 Å². The summed E-state index contributed by atoms with van der Waals surface area (Å²) in [6.07, 6.45) is -1.74. The monoisotopic (exact) mass is 600 g/mol. The van der Waals surface area contributed by atoms with E-state index in [1.807, 2.05) is 0 Å². The summed E-state index contributed by atoms with van der Waals surface area (Å²) in [5.74, 6) is -0.755. The summed E-state index contributed by atoms with van der Waals surface area (Å²) in [6, 6.07) is 9.42. The highest BCUT2D eigenvalue weighted by atomic mass is 19.4. The number of nitrogens with zero attached hydrogens (tertiary/aromatic N) is 4. The number of Topliss-reactive ketones (excluding diaryl/α,β-unsaturated/α-hetero) is 1. The van der Waals surface area contributed by atoms with Gasteiger partial charge >= 0.3 is 6.18 Å². The first-order valence-electron chi connectivity index (χ1n) is 14.0. The van der Waals surface area contributed by atoms with Crippen LogP contribution in [0.4, 0.5) is 40.7 Å². The van der Waals surface area contributed by atoms with E-state index in [1.54, 1.807) is 37.3 Å². The predicted molar refractivity (Wildman–Crippen MR) is 153 cm³/mol. The van der Waals surface area contributed by atoms with E-state index in [2.05, 4.69) is 25.5 Å². The molecule has 1 amide bonds. The SMILES string of the molecule is COc1cc(CC(=O)CN2CCCC2)ccc1Nc1ncc(C(F)(F)F)c(Nc2cccc3c2C(=O)N(CCF)C3C)n1. The number of aromatic nitrogens is 2. The van der Waals surface area contributed by atoms with Gasteiger partial charge in [0.15, 0.2) is 5.78 Å². The first-order valence-corrected chi connectivity index (χ1v) is 14.0. The minimum absolute atomic E-state index is 0.0829. The maximum atomic E-state index is 14.0. The molecule has 13 heteroatoms. The summed E-state index contributed by atoms with van der Waals surface area (Å²) in [4.78, 5) is 37.0. The van der Waals surface area contributed by atoms with Crippen LogP contribution in [0.25, 0.3) is 0 Å². The number of hydrogen-bond acceptors (Lipinski definition) is 8. The molecule has 1 fully saturated rings. The molecule has 2 aliphatic heterocycles. The van der Waals surface area contributed by atoms with Crippen LogP contribution in [0.2, 0.25) is 0 Å². The Labute approximate surface area is 246 Å². The van der Waals surface area contributed by atoms with Crippen LogP contribution in [0.1, 0.15) is 52.9 Å². The number of methoxy groups -OCH3 is 1. The summed E-state index contributed by atoms with van der Waals surface area (Å²) >= 11 is 0. The maximum Gasteiger partial charge on any atom is 0.421 e. The standard InChI is InChI=1S/C30H32F4N6O3/c1-18-21-6-5-7-24(26(21)28(42)40(18)13-10-31)36-27-22(30(32,33)34)16-35-29(38-27)37-23-9-8-19(15-25(23)43-2)14-20(41)17-39-11-3-4-12-39/h5-9,15-16,18H,3-4,10-14,17H2,1-2H3,(H2,35,36,37,38). The average molecular weight is 601 g/mol. The minimum Gasteiger partial charge on any atom is -0.495 e. The molecular formula is C30H32F4N6O3. The van der Waals surface area contributed by atoms with Crippen LogP contribution in [-0.2, 0) is 17.4 Å². The third-order valence-corrected chi connectivity index (χ3v) is 7.67. The number of likely N-dealkylation sites (tertiary alicyclic amines) is 1. The van der Waals surface area contributed by atoms with E-state index >= 15 is 0 Å². The number of ether oxygens (including phenoxy) is 1. The lowest BCUT2D eigenvalue weighted by molar-refractivity contribution is -0.137. The van der Waals surface area contributed by atoms with Gasteiger partial charge in [-0.05, 0) is 62.2 Å². The summed E-state index contributed by atoms with van der Waals surface area (Å²) in [5.41, 5.74) is 0.853. The van der Waals surface area contributed by atoms with E-state index in [4.69, 9.17) is 4.74 Å². The van der Waals surface area contributed by atoms with Gasteiger partial charge in [-0.25, -0.2) is 9.37 Å². The summed E-state index contributed by atoms with van der Waals surface area (Å²) in [6.45, 7) is 3.09. The van der Waals surface area contributed by atoms with Crippen LogP contribution in [-0.4, -0.2) is 71.4 Å². The number of benzene rings is 2. The largest absolute Gasteiger partial charge is 0.495 e. The van der Waals surface area contributed by atoms with Crippen LogP contribution in [0.3, 0.4) is 0 Å². The van der Waals surface area contributed by atoms with Gasteiger partial charge in [0.05, 0.1) is 36.6 Å². The average Bonchev–Trinajstić information content (AvgIpc) is 3.56. The van der Waals surface area contributed by atoms with Crippen molar-refractivity contribution in [2.45, 2.75) is 38.4 Å². The molecule has 0 bridgehead atoms. The molecule has 1 atom stereocenters. The molecule has 2 aromatic carbocycles. The van der Waals surface area contributed by atoms with Crippen molar-refractivity contribution >= 4 is 34.8 Å². The first-order chi connectivity index (χ1) is 20.6. The van der Waals surface area contributed by atoms with Gasteiger partial charge in [0.2, 0.25) is 5.95 Å². The Morgan fingerprint density at radius 3 is 2.58 bits per heavy atom. The second-order valence-corrected chi connectivity index (χ2v) is 10.6. The fourth-order valence-corrected chi connectivity index (χ4v) is 5.55. The van der Waals surface area contributed by atoms with Gasteiger partial charge in [0, 0.05) is 19.2 Å². The molecule has 5 rings (SSSR count). The molecule has 3 aromatic rings. The Morgan fingerprint density at radius 2 is 1.88 bits per heavy atom. The number of halogens is 4. The predicted octanol–water partition coefficient (Wildman–Crippen LogP) is 5.68. The summed E-state index contributed by atoms with van der Waals surface area (Å²) in [5, 5.41) is 5.58. The Morgan fingerprint density at radius 1 is 1.12 bits per heavy atom. The Bertz CT molecular complexity index is 1510. The smallest absolute Gasteiger partial charge is 0.421 e. The van der Waals surface area contributed by atoms with Crippen molar-refractivity contribution in [2.24, 2.45) is 0 Å². The van der Waals surface area contributed by atoms with Gasteiger partial charge in [0.1, 0.15) is 23.8 Å². The van der Waals surface area contributed by atoms with E-state index in [1.165, 1.54) is 18.1 Å². The molecule has 1 saturated heterocycles. The molecule has 0 radical (unpaired) electrons. The molecule has 9 nitrogen and oxygen atoms in total. The fourth-order valence-electron chi connectivity index (χ4n) is 5.55. The van der Waals surface area contributed by atoms with Gasteiger partial charge in [-0.1, -0.05) is 18.2 Å². The van der Waals surface area contributed by atoms with Crippen LogP contribution in [0, 0.1) is 0 Å². The zero-order valence-electron chi connectivity index (χ0n) is 23.8. The summed E-state index contributed by atoms with van der Waals surface area (Å²) < 4.78 is 60.5. The lowest BCUT2D eigenvalue weighted by Gasteiger charge is -2.20. The molecule has 0 spiro atoms. The molecule has 0 aliphatic carbocycles. The van der Waals surface area contributed by atoms with Crippen molar-refractivity contribution in [1.29, 1.82) is 0 Å². The highest BCUT2D eigenvalue weighted by Crippen LogP contribution is 2.40. The van der Waals surface area contributed by atoms with E-state index in [0.717, 1.165) is 31.5 Å². The van der Waals surface area contributed by atoms with E-state index in [0.29, 0.717) is 29.7 Å². The van der Waals surface area contributed by atoms with Crippen LogP contribution < -0.4 is 15.4 Å². The molecule has 2 aliphatic rings. The molecule has 1 unspecified atom stereocenters. The lowest BCUT2D eigenvalue weighted by Crippen LogP contribution is -2.28. The Kier molecular flexibility index (Phi) is 8.81. The second-order valence-electron chi connectivity index (χ2n) is 10.6. The van der Waals surface area contributed by atoms with Crippen molar-refractivity contribution in [3.05, 3.63) is 64.8 Å². The number of carbonyl (C=O) groups excluding carboxylic acids is 2. The van der Waals surface area contributed by atoms with Crippen LogP contribution in [0.5, 0.6) is 5.75 Å². The van der Waals surface area contributed by atoms with Crippen LogP contribution in [0.15, 0.2) is 42.6 Å². The highest BCUT2D eigenvalue weighted by molar-refractivity contribution is 6.04. The number of amides is 1. The highest BCUT2D eigenvalue weighted by Gasteiger charge is 2.38. The topological polar surface area (TPSA) is 99.7 Å². The van der Waals surface area contributed by atoms with E-state index < -0.39 is 36.2 Å². The molecule has 0 saturated carbocycles. The number of ketones is 1. The zero-order valence-corrected chi connectivity index (χ0v) is 23.8. The third-order valence-electron chi connectivity index (χ3n) is 7.67. The number of fused-ring (bicyclic) bond motifs is 1. The number of carbonyl (C=O) groups is 2. The minimum atomic E-state index is -4.79. The molecule has 228 valence electrons. The van der Waals surface area contributed by atoms with Gasteiger partial charge in [-0.3, -0.25) is 14.5 Å². The van der Waals surface area contributed by atoms with Gasteiger partial charge in [-0.2, -0.15) is 18.2 Å². The number of rotatable bonds is 11. The maximum absolute atomic E-state index is 14.0. The van der Waals surface area contributed by atoms with Crippen molar-refractivity contribution < 1.29 is 31.9 Å². The lowest BCUT2D eigenvalue weighted by atomic mass is 10.0. The normalized spacial score (nSPS) is 16.8. The number of alkyl halides is 4. The summed E-state index contributed by atoms with van der Waals surface area (Å²) in [7, 11) is 1.44. The van der Waals surface area contributed by atoms with Crippen molar-refractivity contribution in [1.82, 2.24) is 19.8 Å². The van der Waals surface area contributed by atoms with Crippen molar-refractivity contribution in [3.63, 3.8) is 0 Å². The number of hydrogen-bond donors (Lipinski definition) is 2. The fraction of sp³-hybridized carbons (Fsp3) is 0.400. The molecule has 43 heavy (non-hydrogen) atoms. The van der Waals surface area contributed by atoms with E-state index in [-0.39, 0.29) is 35.9 Å². The second kappa shape index (κ2) is 12.5.